The summed E-state index contributed by atoms with van der Waals surface area (Å²) >= 11 is 2.76. The predicted octanol–water partition coefficient (Wildman–Crippen LogP) is 2.59. The molecule has 0 spiro atoms. The zero-order valence-corrected chi connectivity index (χ0v) is 14.1. The van der Waals surface area contributed by atoms with Crippen molar-refractivity contribution in [3.05, 3.63) is 53.3 Å². The van der Waals surface area contributed by atoms with E-state index >= 15 is 0 Å². The summed E-state index contributed by atoms with van der Waals surface area (Å²) in [7, 11) is 1.92. The molecule has 23 heavy (non-hydrogen) atoms. The van der Waals surface area contributed by atoms with Crippen LogP contribution in [-0.4, -0.2) is 31.4 Å². The second-order valence-electron chi connectivity index (χ2n) is 4.79. The van der Waals surface area contributed by atoms with E-state index in [1.54, 1.807) is 6.20 Å². The van der Waals surface area contributed by atoms with Crippen molar-refractivity contribution in [3.63, 3.8) is 0 Å². The van der Waals surface area contributed by atoms with E-state index in [1.807, 2.05) is 35.2 Å². The Bertz CT molecular complexity index is 771. The predicted molar refractivity (Wildman–Crippen MR) is 91.7 cm³/mol. The number of hydrogen-bond acceptors (Lipinski definition) is 6. The molecule has 8 heteroatoms. The van der Waals surface area contributed by atoms with Gasteiger partial charge in [-0.3, -0.25) is 4.79 Å². The zero-order valence-electron chi connectivity index (χ0n) is 12.5. The maximum Gasteiger partial charge on any atom is 0.236 e. The number of aromatic nitrogens is 4. The van der Waals surface area contributed by atoms with Crippen molar-refractivity contribution in [1.82, 2.24) is 19.7 Å². The van der Waals surface area contributed by atoms with Gasteiger partial charge in [-0.05, 0) is 5.56 Å². The number of thioether (sulfide) groups is 1. The van der Waals surface area contributed by atoms with Crippen LogP contribution in [0.3, 0.4) is 0 Å². The lowest BCUT2D eigenvalue weighted by molar-refractivity contribution is -0.113. The lowest BCUT2D eigenvalue weighted by Gasteiger charge is -2.04. The van der Waals surface area contributed by atoms with Crippen LogP contribution in [0.15, 0.2) is 47.1 Å². The molecule has 0 fully saturated rings. The summed E-state index contributed by atoms with van der Waals surface area (Å²) in [4.78, 5) is 15.9. The van der Waals surface area contributed by atoms with Crippen molar-refractivity contribution in [1.29, 1.82) is 0 Å². The summed E-state index contributed by atoms with van der Waals surface area (Å²) in [6, 6.07) is 10.1. The average molecular weight is 345 g/mol. The molecule has 118 valence electrons. The van der Waals surface area contributed by atoms with Crippen molar-refractivity contribution < 1.29 is 4.79 Å². The fourth-order valence-electron chi connectivity index (χ4n) is 1.97. The lowest BCUT2D eigenvalue weighted by Crippen LogP contribution is -2.14. The van der Waals surface area contributed by atoms with Gasteiger partial charge in [0, 0.05) is 25.0 Å². The van der Waals surface area contributed by atoms with Crippen LogP contribution in [0, 0.1) is 0 Å². The Kier molecular flexibility index (Phi) is 5.04. The third kappa shape index (κ3) is 4.17. The Balaban J connectivity index is 1.57. The molecule has 0 saturated carbocycles. The van der Waals surface area contributed by atoms with Crippen molar-refractivity contribution >= 4 is 34.1 Å². The number of carbonyl (C=O) groups is 1. The SMILES string of the molecule is Cn1c(Cc2ccccc2)nnc1SCC(=O)Nc1nccs1. The van der Waals surface area contributed by atoms with Gasteiger partial charge in [-0.1, -0.05) is 42.1 Å². The van der Waals surface area contributed by atoms with E-state index in [0.29, 0.717) is 5.13 Å². The molecule has 0 aliphatic heterocycles. The third-order valence-electron chi connectivity index (χ3n) is 3.14. The maximum absolute atomic E-state index is 11.9. The first kappa shape index (κ1) is 15.7. The Morgan fingerprint density at radius 2 is 2.13 bits per heavy atom. The van der Waals surface area contributed by atoms with Gasteiger partial charge in [-0.25, -0.2) is 4.98 Å². The summed E-state index contributed by atoms with van der Waals surface area (Å²) in [6.45, 7) is 0. The van der Waals surface area contributed by atoms with Gasteiger partial charge in [0.25, 0.3) is 0 Å². The Hall–Kier alpha value is -2.19. The molecule has 0 atom stereocenters. The number of nitrogens with zero attached hydrogens (tertiary/aromatic N) is 4. The fourth-order valence-corrected chi connectivity index (χ4v) is 3.25. The van der Waals surface area contributed by atoms with Crippen molar-refractivity contribution in [2.24, 2.45) is 7.05 Å². The molecule has 2 aromatic heterocycles. The van der Waals surface area contributed by atoms with Gasteiger partial charge in [0.1, 0.15) is 5.82 Å². The van der Waals surface area contributed by atoms with Crippen molar-refractivity contribution in [3.8, 4) is 0 Å². The molecular weight excluding hydrogens is 330 g/mol. The highest BCUT2D eigenvalue weighted by molar-refractivity contribution is 7.99. The molecule has 3 aromatic rings. The van der Waals surface area contributed by atoms with Gasteiger partial charge in [-0.2, -0.15) is 0 Å². The smallest absolute Gasteiger partial charge is 0.236 e. The number of thiazole rings is 1. The third-order valence-corrected chi connectivity index (χ3v) is 4.85. The molecule has 0 saturated heterocycles. The Morgan fingerprint density at radius 3 is 2.87 bits per heavy atom. The van der Waals surface area contributed by atoms with Gasteiger partial charge < -0.3 is 9.88 Å². The first-order valence-corrected chi connectivity index (χ1v) is 8.83. The molecule has 3 rings (SSSR count). The standard InChI is InChI=1S/C15H15N5OS2/c1-20-12(9-11-5-3-2-4-6-11)18-19-15(20)23-10-13(21)17-14-16-7-8-22-14/h2-8H,9-10H2,1H3,(H,16,17,21). The fraction of sp³-hybridized carbons (Fsp3) is 0.200. The monoisotopic (exact) mass is 345 g/mol. The minimum Gasteiger partial charge on any atom is -0.309 e. The summed E-state index contributed by atoms with van der Waals surface area (Å²) in [5.41, 5.74) is 1.18. The van der Waals surface area contributed by atoms with E-state index in [9.17, 15) is 4.79 Å². The largest absolute Gasteiger partial charge is 0.309 e. The number of amides is 1. The van der Waals surface area contributed by atoms with E-state index in [2.05, 4.69) is 32.6 Å². The van der Waals surface area contributed by atoms with E-state index in [1.165, 1.54) is 28.7 Å². The van der Waals surface area contributed by atoms with Crippen molar-refractivity contribution in [2.45, 2.75) is 11.6 Å². The first-order valence-electron chi connectivity index (χ1n) is 6.96. The molecule has 2 heterocycles. The van der Waals surface area contributed by atoms with Gasteiger partial charge in [0.05, 0.1) is 5.75 Å². The second-order valence-corrected chi connectivity index (χ2v) is 6.63. The highest BCUT2D eigenvalue weighted by atomic mass is 32.2. The average Bonchev–Trinajstić information content (AvgIpc) is 3.18. The number of rotatable bonds is 6. The summed E-state index contributed by atoms with van der Waals surface area (Å²) in [6.07, 6.45) is 2.38. The Labute approximate surface area is 142 Å². The van der Waals surface area contributed by atoms with E-state index in [-0.39, 0.29) is 11.7 Å². The van der Waals surface area contributed by atoms with E-state index < -0.39 is 0 Å². The highest BCUT2D eigenvalue weighted by Gasteiger charge is 2.12. The van der Waals surface area contributed by atoms with Gasteiger partial charge in [0.15, 0.2) is 10.3 Å². The van der Waals surface area contributed by atoms with Crippen LogP contribution < -0.4 is 5.32 Å². The summed E-state index contributed by atoms with van der Waals surface area (Å²) < 4.78 is 1.92. The molecule has 0 radical (unpaired) electrons. The van der Waals surface area contributed by atoms with Crippen LogP contribution in [0.4, 0.5) is 5.13 Å². The zero-order chi connectivity index (χ0) is 16.1. The van der Waals surface area contributed by atoms with E-state index in [4.69, 9.17) is 0 Å². The molecule has 0 unspecified atom stereocenters. The van der Waals surface area contributed by atoms with E-state index in [0.717, 1.165) is 17.4 Å². The summed E-state index contributed by atoms with van der Waals surface area (Å²) in [5, 5.41) is 14.3. The maximum atomic E-state index is 11.9. The number of benzene rings is 1. The van der Waals surface area contributed by atoms with Crippen LogP contribution in [0.1, 0.15) is 11.4 Å². The molecule has 6 nitrogen and oxygen atoms in total. The van der Waals surface area contributed by atoms with Crippen LogP contribution >= 0.6 is 23.1 Å². The molecule has 0 aliphatic rings. The molecule has 0 bridgehead atoms. The molecule has 1 aromatic carbocycles. The lowest BCUT2D eigenvalue weighted by atomic mass is 10.1. The number of nitrogens with one attached hydrogen (secondary N) is 1. The topological polar surface area (TPSA) is 72.7 Å². The van der Waals surface area contributed by atoms with Gasteiger partial charge >= 0.3 is 0 Å². The van der Waals surface area contributed by atoms with Gasteiger partial charge in [-0.15, -0.1) is 21.5 Å². The van der Waals surface area contributed by atoms with Gasteiger partial charge in [0.2, 0.25) is 5.91 Å². The number of hydrogen-bond donors (Lipinski definition) is 1. The normalized spacial score (nSPS) is 10.7. The molecule has 1 N–H and O–H groups in total. The second kappa shape index (κ2) is 7.38. The van der Waals surface area contributed by atoms with Crippen molar-refractivity contribution in [2.75, 3.05) is 11.1 Å². The minimum absolute atomic E-state index is 0.0995. The van der Waals surface area contributed by atoms with Crippen LogP contribution in [0.25, 0.3) is 0 Å². The molecular formula is C15H15N5OS2. The molecule has 1 amide bonds. The Morgan fingerprint density at radius 1 is 1.30 bits per heavy atom. The minimum atomic E-state index is -0.0995. The first-order chi connectivity index (χ1) is 11.2. The van der Waals surface area contributed by atoms with Crippen LogP contribution in [-0.2, 0) is 18.3 Å². The molecule has 0 aliphatic carbocycles. The van der Waals surface area contributed by atoms with Crippen LogP contribution in [0.5, 0.6) is 0 Å². The summed E-state index contributed by atoms with van der Waals surface area (Å²) in [5.74, 6) is 1.05. The number of carbonyl (C=O) groups excluding carboxylic acids is 1. The quantitative estimate of drug-likeness (QED) is 0.695. The van der Waals surface area contributed by atoms with Crippen LogP contribution in [0.2, 0.25) is 0 Å². The number of anilines is 1. The highest BCUT2D eigenvalue weighted by Crippen LogP contribution is 2.18.